The largest absolute Gasteiger partial charge is 0.348 e. The molecular weight excluding hydrogens is 278 g/mol. The summed E-state index contributed by atoms with van der Waals surface area (Å²) in [5.74, 6) is 0.602. The summed E-state index contributed by atoms with van der Waals surface area (Å²) in [6.07, 6.45) is 6.78. The number of amides is 1. The smallest absolute Gasteiger partial charge is 0.251 e. The van der Waals surface area contributed by atoms with Gasteiger partial charge in [-0.1, -0.05) is 13.8 Å². The fraction of sp³-hybridized carbons (Fsp3) is 0.438. The number of imidazole rings is 1. The molecule has 0 bridgehead atoms. The Bertz CT molecular complexity index is 592. The molecule has 22 heavy (non-hydrogen) atoms. The molecule has 1 N–H and O–H groups in total. The Hall–Kier alpha value is -2.21. The van der Waals surface area contributed by atoms with E-state index in [1.165, 1.54) is 0 Å². The lowest BCUT2D eigenvalue weighted by atomic mass is 10.2. The minimum absolute atomic E-state index is 0.0802. The molecule has 2 aromatic heterocycles. The fourth-order valence-electron chi connectivity index (χ4n) is 2.32. The number of carbonyl (C=O) groups excluding carboxylic acids is 1. The molecule has 6 heteroatoms. The maximum Gasteiger partial charge on any atom is 0.251 e. The third-order valence-electron chi connectivity index (χ3n) is 3.58. The number of pyridine rings is 1. The van der Waals surface area contributed by atoms with Crippen molar-refractivity contribution in [2.75, 3.05) is 19.6 Å². The molecule has 1 atom stereocenters. The number of nitrogens with zero attached hydrogens (tertiary/aromatic N) is 4. The number of carbonyl (C=O) groups is 1. The molecule has 118 valence electrons. The van der Waals surface area contributed by atoms with Crippen LogP contribution in [-0.2, 0) is 0 Å². The summed E-state index contributed by atoms with van der Waals surface area (Å²) in [4.78, 5) is 22.9. The van der Waals surface area contributed by atoms with Gasteiger partial charge < -0.3 is 10.2 Å². The maximum absolute atomic E-state index is 12.4. The van der Waals surface area contributed by atoms with Crippen molar-refractivity contribution in [2.45, 2.75) is 26.8 Å². The Morgan fingerprint density at radius 2 is 2.14 bits per heavy atom. The lowest BCUT2D eigenvalue weighted by Crippen LogP contribution is -2.41. The van der Waals surface area contributed by atoms with Crippen molar-refractivity contribution in [3.8, 4) is 5.82 Å². The van der Waals surface area contributed by atoms with Gasteiger partial charge in [0, 0.05) is 36.7 Å². The molecule has 0 saturated carbocycles. The summed E-state index contributed by atoms with van der Waals surface area (Å²) in [6.45, 7) is 9.08. The summed E-state index contributed by atoms with van der Waals surface area (Å²) in [7, 11) is 0. The van der Waals surface area contributed by atoms with Crippen LogP contribution in [0.1, 0.15) is 31.1 Å². The van der Waals surface area contributed by atoms with Crippen LogP contribution in [0.2, 0.25) is 0 Å². The van der Waals surface area contributed by atoms with Gasteiger partial charge in [0.15, 0.2) is 0 Å². The number of hydrogen-bond acceptors (Lipinski definition) is 4. The standard InChI is InChI=1S/C16H23N5O/c1-4-20(5-2)11-13(3)19-16(22)14-6-7-18-15(10-14)21-9-8-17-12-21/h6-10,12-13H,4-5,11H2,1-3H3,(H,19,22)/t13-/m1/s1. The van der Waals surface area contributed by atoms with Crippen LogP contribution < -0.4 is 5.32 Å². The normalized spacial score (nSPS) is 12.4. The highest BCUT2D eigenvalue weighted by Crippen LogP contribution is 2.07. The van der Waals surface area contributed by atoms with E-state index in [1.807, 2.05) is 6.92 Å². The molecule has 0 aliphatic rings. The summed E-state index contributed by atoms with van der Waals surface area (Å²) in [5, 5.41) is 3.03. The zero-order chi connectivity index (χ0) is 15.9. The van der Waals surface area contributed by atoms with E-state index >= 15 is 0 Å². The summed E-state index contributed by atoms with van der Waals surface area (Å²) in [6, 6.07) is 3.58. The second kappa shape index (κ2) is 7.70. The van der Waals surface area contributed by atoms with Gasteiger partial charge in [-0.15, -0.1) is 0 Å². The van der Waals surface area contributed by atoms with Crippen LogP contribution in [0.15, 0.2) is 37.1 Å². The minimum Gasteiger partial charge on any atom is -0.348 e. The van der Waals surface area contributed by atoms with Crippen LogP contribution in [0.3, 0.4) is 0 Å². The first-order valence-corrected chi connectivity index (χ1v) is 7.61. The van der Waals surface area contributed by atoms with Gasteiger partial charge in [-0.05, 0) is 32.1 Å². The predicted octanol–water partition coefficient (Wildman–Crippen LogP) is 1.73. The third-order valence-corrected chi connectivity index (χ3v) is 3.58. The monoisotopic (exact) mass is 301 g/mol. The molecular formula is C16H23N5O. The van der Waals surface area contributed by atoms with Gasteiger partial charge in [0.2, 0.25) is 0 Å². The van der Waals surface area contributed by atoms with Gasteiger partial charge in [0.25, 0.3) is 5.91 Å². The second-order valence-corrected chi connectivity index (χ2v) is 5.23. The number of likely N-dealkylation sites (N-methyl/N-ethyl adjacent to an activating group) is 1. The first kappa shape index (κ1) is 16.2. The van der Waals surface area contributed by atoms with Crippen molar-refractivity contribution in [3.05, 3.63) is 42.6 Å². The molecule has 0 radical (unpaired) electrons. The molecule has 0 spiro atoms. The van der Waals surface area contributed by atoms with Crippen LogP contribution in [0.4, 0.5) is 0 Å². The highest BCUT2D eigenvalue weighted by atomic mass is 16.1. The molecule has 2 heterocycles. The first-order valence-electron chi connectivity index (χ1n) is 7.61. The number of aromatic nitrogens is 3. The van der Waals surface area contributed by atoms with Crippen LogP contribution in [0, 0.1) is 0 Å². The zero-order valence-electron chi connectivity index (χ0n) is 13.4. The van der Waals surface area contributed by atoms with E-state index in [1.54, 1.807) is 41.6 Å². The van der Waals surface area contributed by atoms with E-state index in [4.69, 9.17) is 0 Å². The molecule has 0 aromatic carbocycles. The van der Waals surface area contributed by atoms with Gasteiger partial charge >= 0.3 is 0 Å². The topological polar surface area (TPSA) is 63.1 Å². The van der Waals surface area contributed by atoms with E-state index in [0.29, 0.717) is 11.4 Å². The first-order chi connectivity index (χ1) is 10.6. The van der Waals surface area contributed by atoms with Crippen LogP contribution >= 0.6 is 0 Å². The van der Waals surface area contributed by atoms with Gasteiger partial charge in [-0.2, -0.15) is 0 Å². The van der Waals surface area contributed by atoms with Crippen molar-refractivity contribution in [3.63, 3.8) is 0 Å². The second-order valence-electron chi connectivity index (χ2n) is 5.23. The van der Waals surface area contributed by atoms with Crippen molar-refractivity contribution in [1.82, 2.24) is 24.8 Å². The highest BCUT2D eigenvalue weighted by Gasteiger charge is 2.13. The van der Waals surface area contributed by atoms with E-state index in [2.05, 4.69) is 34.0 Å². The van der Waals surface area contributed by atoms with Gasteiger partial charge in [0.1, 0.15) is 12.1 Å². The molecule has 2 aromatic rings. The maximum atomic E-state index is 12.4. The number of hydrogen-bond donors (Lipinski definition) is 1. The molecule has 0 saturated heterocycles. The van der Waals surface area contributed by atoms with Crippen molar-refractivity contribution in [1.29, 1.82) is 0 Å². The van der Waals surface area contributed by atoms with Gasteiger partial charge in [-0.25, -0.2) is 9.97 Å². The third kappa shape index (κ3) is 4.14. The number of rotatable bonds is 7. The molecule has 0 aliphatic carbocycles. The molecule has 6 nitrogen and oxygen atoms in total. The summed E-state index contributed by atoms with van der Waals surface area (Å²) >= 11 is 0. The van der Waals surface area contributed by atoms with E-state index in [-0.39, 0.29) is 11.9 Å². The Labute approximate surface area is 131 Å². The quantitative estimate of drug-likeness (QED) is 0.846. The highest BCUT2D eigenvalue weighted by molar-refractivity contribution is 5.94. The average Bonchev–Trinajstić information content (AvgIpc) is 3.07. The summed E-state index contributed by atoms with van der Waals surface area (Å²) in [5.41, 5.74) is 0.602. The molecule has 0 aliphatic heterocycles. The van der Waals surface area contributed by atoms with Gasteiger partial charge in [-0.3, -0.25) is 9.36 Å². The van der Waals surface area contributed by atoms with Crippen LogP contribution in [0.5, 0.6) is 0 Å². The molecule has 0 fully saturated rings. The Kier molecular flexibility index (Phi) is 5.66. The average molecular weight is 301 g/mol. The molecule has 1 amide bonds. The van der Waals surface area contributed by atoms with Crippen LogP contribution in [-0.4, -0.2) is 51.0 Å². The zero-order valence-corrected chi connectivity index (χ0v) is 13.4. The molecule has 0 unspecified atom stereocenters. The van der Waals surface area contributed by atoms with Crippen LogP contribution in [0.25, 0.3) is 5.82 Å². The summed E-state index contributed by atoms with van der Waals surface area (Å²) < 4.78 is 1.77. The van der Waals surface area contributed by atoms with Gasteiger partial charge in [0.05, 0.1) is 0 Å². The molecule has 2 rings (SSSR count). The minimum atomic E-state index is -0.0802. The van der Waals surface area contributed by atoms with E-state index < -0.39 is 0 Å². The Morgan fingerprint density at radius 1 is 1.36 bits per heavy atom. The fourth-order valence-corrected chi connectivity index (χ4v) is 2.32. The Balaban J connectivity index is 2.02. The van der Waals surface area contributed by atoms with E-state index in [9.17, 15) is 4.79 Å². The Morgan fingerprint density at radius 3 is 2.77 bits per heavy atom. The van der Waals surface area contributed by atoms with Crippen molar-refractivity contribution >= 4 is 5.91 Å². The lowest BCUT2D eigenvalue weighted by molar-refractivity contribution is 0.0930. The van der Waals surface area contributed by atoms with E-state index in [0.717, 1.165) is 19.6 Å². The van der Waals surface area contributed by atoms with Crippen molar-refractivity contribution in [2.24, 2.45) is 0 Å². The number of nitrogens with one attached hydrogen (secondary N) is 1. The lowest BCUT2D eigenvalue weighted by Gasteiger charge is -2.23. The SMILES string of the molecule is CCN(CC)C[C@@H](C)NC(=O)c1ccnc(-n2ccnc2)c1. The predicted molar refractivity (Wildman–Crippen MR) is 86.1 cm³/mol. The van der Waals surface area contributed by atoms with Crippen molar-refractivity contribution < 1.29 is 4.79 Å².